The first-order valence-corrected chi connectivity index (χ1v) is 11.2. The molecule has 1 aliphatic rings. The second-order valence-corrected chi connectivity index (χ2v) is 8.38. The number of thioether (sulfide) groups is 1. The Morgan fingerprint density at radius 3 is 2.53 bits per heavy atom. The molecule has 3 rings (SSSR count). The smallest absolute Gasteiger partial charge is 0.433 e. The van der Waals surface area contributed by atoms with E-state index in [0.717, 1.165) is 15.1 Å². The minimum absolute atomic E-state index is 0.0100. The van der Waals surface area contributed by atoms with Crippen LogP contribution < -0.4 is 4.74 Å². The van der Waals surface area contributed by atoms with Gasteiger partial charge in [0.05, 0.1) is 17.8 Å². The zero-order valence-corrected chi connectivity index (χ0v) is 18.1. The summed E-state index contributed by atoms with van der Waals surface area (Å²) in [6.45, 7) is 3.72. The molecule has 166 valence electrons. The van der Waals surface area contributed by atoms with E-state index in [-0.39, 0.29) is 36.9 Å². The second-order valence-electron chi connectivity index (χ2n) is 7.50. The van der Waals surface area contributed by atoms with Crippen LogP contribution in [-0.2, 0) is 23.9 Å². The molecule has 5 nitrogen and oxygen atoms in total. The molecular formula is C21H27F3N2O3S. The minimum Gasteiger partial charge on any atom is -0.446 e. The van der Waals surface area contributed by atoms with Gasteiger partial charge in [-0.3, -0.25) is 4.68 Å². The van der Waals surface area contributed by atoms with Crippen LogP contribution in [0, 0.1) is 0 Å². The SMILES string of the molecule is CCCn1nc(O[C@H]2C[C@@H](O)C[C@@H](C)O2)c(Cc2ccc(SC)cc2)c1C(F)(F)F. The summed E-state index contributed by atoms with van der Waals surface area (Å²) in [6, 6.07) is 7.39. The van der Waals surface area contributed by atoms with Gasteiger partial charge in [0.1, 0.15) is 5.69 Å². The molecule has 2 heterocycles. The first-order valence-electron chi connectivity index (χ1n) is 10.0. The average molecular weight is 445 g/mol. The molecular weight excluding hydrogens is 417 g/mol. The van der Waals surface area contributed by atoms with Crippen LogP contribution in [0.3, 0.4) is 0 Å². The first kappa shape index (κ1) is 23.0. The molecule has 0 amide bonds. The number of aryl methyl sites for hydroxylation is 1. The summed E-state index contributed by atoms with van der Waals surface area (Å²) in [6.07, 6.45) is -3.15. The molecule has 1 N–H and O–H groups in total. The molecule has 1 fully saturated rings. The molecule has 1 aromatic carbocycles. The van der Waals surface area contributed by atoms with Gasteiger partial charge in [0, 0.05) is 24.3 Å². The number of alkyl halides is 3. The third-order valence-electron chi connectivity index (χ3n) is 4.95. The summed E-state index contributed by atoms with van der Waals surface area (Å²) in [5.74, 6) is -0.0870. The molecule has 1 aliphatic heterocycles. The topological polar surface area (TPSA) is 56.5 Å². The molecule has 0 saturated carbocycles. The Kier molecular flexibility index (Phi) is 7.36. The Bertz CT molecular complexity index is 829. The van der Waals surface area contributed by atoms with Gasteiger partial charge in [-0.2, -0.15) is 13.2 Å². The number of nitrogens with zero attached hydrogens (tertiary/aromatic N) is 2. The van der Waals surface area contributed by atoms with Crippen molar-refractivity contribution in [2.75, 3.05) is 6.26 Å². The zero-order chi connectivity index (χ0) is 21.9. The van der Waals surface area contributed by atoms with Gasteiger partial charge in [0.2, 0.25) is 12.2 Å². The normalized spacial score (nSPS) is 22.3. The van der Waals surface area contributed by atoms with Crippen LogP contribution in [0.25, 0.3) is 0 Å². The standard InChI is InChI=1S/C21H27F3N2O3S/c1-4-9-26-19(21(22,23)24)17(11-14-5-7-16(30-3)8-6-14)20(25-26)29-18-12-15(27)10-13(2)28-18/h5-8,13,15,18,27H,4,9-12H2,1-3H3/t13-,15+,18+/m1/s1. The van der Waals surface area contributed by atoms with Crippen molar-refractivity contribution in [1.29, 1.82) is 0 Å². The van der Waals surface area contributed by atoms with Gasteiger partial charge in [0.25, 0.3) is 0 Å². The van der Waals surface area contributed by atoms with Crippen molar-refractivity contribution in [3.8, 4) is 5.88 Å². The van der Waals surface area contributed by atoms with Crippen molar-refractivity contribution in [1.82, 2.24) is 9.78 Å². The van der Waals surface area contributed by atoms with Gasteiger partial charge in [-0.25, -0.2) is 0 Å². The molecule has 0 radical (unpaired) electrons. The van der Waals surface area contributed by atoms with E-state index in [0.29, 0.717) is 12.8 Å². The predicted molar refractivity (Wildman–Crippen MR) is 109 cm³/mol. The van der Waals surface area contributed by atoms with Crippen LogP contribution in [0.4, 0.5) is 13.2 Å². The van der Waals surface area contributed by atoms with Crippen molar-refractivity contribution < 1.29 is 27.8 Å². The highest BCUT2D eigenvalue weighted by molar-refractivity contribution is 7.98. The van der Waals surface area contributed by atoms with E-state index in [4.69, 9.17) is 9.47 Å². The molecule has 3 atom stereocenters. The van der Waals surface area contributed by atoms with E-state index >= 15 is 0 Å². The van der Waals surface area contributed by atoms with Gasteiger partial charge < -0.3 is 14.6 Å². The van der Waals surface area contributed by atoms with Crippen molar-refractivity contribution in [3.63, 3.8) is 0 Å². The fourth-order valence-corrected chi connectivity index (χ4v) is 4.05. The van der Waals surface area contributed by atoms with Crippen LogP contribution in [0.5, 0.6) is 5.88 Å². The molecule has 0 aliphatic carbocycles. The van der Waals surface area contributed by atoms with Crippen molar-refractivity contribution in [2.24, 2.45) is 0 Å². The molecule has 0 bridgehead atoms. The molecule has 0 spiro atoms. The lowest BCUT2D eigenvalue weighted by Crippen LogP contribution is -2.37. The second kappa shape index (κ2) is 9.62. The Morgan fingerprint density at radius 2 is 1.97 bits per heavy atom. The lowest BCUT2D eigenvalue weighted by molar-refractivity contribution is -0.171. The van der Waals surface area contributed by atoms with E-state index in [1.807, 2.05) is 30.5 Å². The van der Waals surface area contributed by atoms with Gasteiger partial charge in [-0.05, 0) is 43.7 Å². The minimum atomic E-state index is -4.57. The van der Waals surface area contributed by atoms with E-state index < -0.39 is 24.3 Å². The fraction of sp³-hybridized carbons (Fsp3) is 0.571. The highest BCUT2D eigenvalue weighted by atomic mass is 32.2. The maximum atomic E-state index is 14.0. The number of hydrogen-bond acceptors (Lipinski definition) is 5. The van der Waals surface area contributed by atoms with Gasteiger partial charge in [-0.1, -0.05) is 19.1 Å². The third-order valence-corrected chi connectivity index (χ3v) is 5.70. The quantitative estimate of drug-likeness (QED) is 0.617. The van der Waals surface area contributed by atoms with Crippen LogP contribution in [-0.4, -0.2) is 39.6 Å². The molecule has 1 aromatic heterocycles. The van der Waals surface area contributed by atoms with E-state index in [1.54, 1.807) is 25.6 Å². The van der Waals surface area contributed by atoms with Crippen LogP contribution in [0.15, 0.2) is 29.2 Å². The van der Waals surface area contributed by atoms with E-state index in [1.165, 1.54) is 0 Å². The van der Waals surface area contributed by atoms with Crippen LogP contribution in [0.1, 0.15) is 49.9 Å². The Hall–Kier alpha value is -1.71. The molecule has 2 aromatic rings. The molecule has 1 saturated heterocycles. The zero-order valence-electron chi connectivity index (χ0n) is 17.3. The molecule has 0 unspecified atom stereocenters. The van der Waals surface area contributed by atoms with Gasteiger partial charge >= 0.3 is 6.18 Å². The lowest BCUT2D eigenvalue weighted by Gasteiger charge is -2.30. The number of rotatable bonds is 7. The van der Waals surface area contributed by atoms with Gasteiger partial charge in [0.15, 0.2) is 0 Å². The van der Waals surface area contributed by atoms with Crippen LogP contribution >= 0.6 is 11.8 Å². The van der Waals surface area contributed by atoms with Gasteiger partial charge in [-0.15, -0.1) is 16.9 Å². The third kappa shape index (κ3) is 5.50. The summed E-state index contributed by atoms with van der Waals surface area (Å²) in [4.78, 5) is 1.03. The number of aromatic nitrogens is 2. The number of halogens is 3. The fourth-order valence-electron chi connectivity index (χ4n) is 3.64. The highest BCUT2D eigenvalue weighted by Gasteiger charge is 2.41. The summed E-state index contributed by atoms with van der Waals surface area (Å²) < 4.78 is 54.4. The largest absolute Gasteiger partial charge is 0.446 e. The number of aliphatic hydroxyl groups excluding tert-OH is 1. The number of benzene rings is 1. The molecule has 30 heavy (non-hydrogen) atoms. The summed E-state index contributed by atoms with van der Waals surface area (Å²) in [7, 11) is 0. The number of aliphatic hydroxyl groups is 1. The Morgan fingerprint density at radius 1 is 1.27 bits per heavy atom. The van der Waals surface area contributed by atoms with Crippen LogP contribution in [0.2, 0.25) is 0 Å². The Labute approximate surface area is 178 Å². The van der Waals surface area contributed by atoms with Crippen molar-refractivity contribution in [2.45, 2.75) is 75.6 Å². The maximum Gasteiger partial charge on any atom is 0.433 e. The van der Waals surface area contributed by atoms with Crippen molar-refractivity contribution >= 4 is 11.8 Å². The first-order chi connectivity index (χ1) is 14.2. The molecule has 9 heteroatoms. The lowest BCUT2D eigenvalue weighted by atomic mass is 10.0. The average Bonchev–Trinajstić information content (AvgIpc) is 2.98. The summed E-state index contributed by atoms with van der Waals surface area (Å²) in [5, 5.41) is 14.1. The Balaban J connectivity index is 1.98. The predicted octanol–water partition coefficient (Wildman–Crippen LogP) is 4.89. The van der Waals surface area contributed by atoms with E-state index in [9.17, 15) is 18.3 Å². The van der Waals surface area contributed by atoms with E-state index in [2.05, 4.69) is 5.10 Å². The van der Waals surface area contributed by atoms with Crippen molar-refractivity contribution in [3.05, 3.63) is 41.1 Å². The monoisotopic (exact) mass is 444 g/mol. The summed E-state index contributed by atoms with van der Waals surface area (Å²) >= 11 is 1.57. The number of hydrogen-bond donors (Lipinski definition) is 1. The summed E-state index contributed by atoms with van der Waals surface area (Å²) in [5.41, 5.74) is -0.0703. The highest BCUT2D eigenvalue weighted by Crippen LogP contribution is 2.38. The maximum absolute atomic E-state index is 14.0. The number of ether oxygens (including phenoxy) is 2.